The summed E-state index contributed by atoms with van der Waals surface area (Å²) in [7, 11) is 0. The van der Waals surface area contributed by atoms with E-state index in [0.29, 0.717) is 5.92 Å². The molecule has 16 heavy (non-hydrogen) atoms. The highest BCUT2D eigenvalue weighted by Gasteiger charge is 2.25. The van der Waals surface area contributed by atoms with E-state index < -0.39 is 5.54 Å². The van der Waals surface area contributed by atoms with Crippen LogP contribution in [0.5, 0.6) is 0 Å². The van der Waals surface area contributed by atoms with Crippen molar-refractivity contribution >= 4 is 18.3 Å². The monoisotopic (exact) mass is 248 g/mol. The summed E-state index contributed by atoms with van der Waals surface area (Å²) in [5, 5.41) is 2.96. The Bertz CT molecular complexity index is 226. The van der Waals surface area contributed by atoms with Gasteiger partial charge in [-0.25, -0.2) is 0 Å². The number of nitrogens with two attached hydrogens (primary N) is 1. The average Bonchev–Trinajstić information content (AvgIpc) is 2.14. The minimum absolute atomic E-state index is 0. The summed E-state index contributed by atoms with van der Waals surface area (Å²) >= 11 is 0. The van der Waals surface area contributed by atoms with Crippen LogP contribution >= 0.6 is 12.4 Å². The van der Waals surface area contributed by atoms with Crippen LogP contribution in [0.1, 0.15) is 46.5 Å². The summed E-state index contributed by atoms with van der Waals surface area (Å²) in [4.78, 5) is 11.6. The van der Waals surface area contributed by atoms with Crippen LogP contribution in [-0.2, 0) is 4.79 Å². The molecule has 0 aromatic carbocycles. The van der Waals surface area contributed by atoms with Gasteiger partial charge < -0.3 is 11.1 Å². The van der Waals surface area contributed by atoms with Crippen LogP contribution in [0, 0.1) is 11.8 Å². The maximum atomic E-state index is 11.6. The van der Waals surface area contributed by atoms with Gasteiger partial charge in [0.2, 0.25) is 5.91 Å². The molecule has 1 rings (SSSR count). The lowest BCUT2D eigenvalue weighted by molar-refractivity contribution is -0.125. The molecule has 2 unspecified atom stereocenters. The second-order valence-corrected chi connectivity index (χ2v) is 5.45. The SMILES string of the molecule is CC1CCCCC1CNC(=O)C(C)(C)N.Cl. The molecule has 0 saturated heterocycles. The number of hydrogen-bond acceptors (Lipinski definition) is 2. The van der Waals surface area contributed by atoms with Gasteiger partial charge in [-0.1, -0.05) is 26.2 Å². The summed E-state index contributed by atoms with van der Waals surface area (Å²) in [6.45, 7) is 6.56. The van der Waals surface area contributed by atoms with E-state index in [1.807, 2.05) is 0 Å². The first-order chi connectivity index (χ1) is 6.91. The number of hydrogen-bond donors (Lipinski definition) is 2. The first kappa shape index (κ1) is 15.7. The Kier molecular flexibility index (Phi) is 6.34. The maximum absolute atomic E-state index is 11.6. The average molecular weight is 249 g/mol. The molecule has 0 heterocycles. The van der Waals surface area contributed by atoms with Crippen molar-refractivity contribution < 1.29 is 4.79 Å². The summed E-state index contributed by atoms with van der Waals surface area (Å²) in [5.41, 5.74) is 4.97. The molecule has 0 aromatic heterocycles. The Labute approximate surface area is 105 Å². The second-order valence-electron chi connectivity index (χ2n) is 5.45. The van der Waals surface area contributed by atoms with Gasteiger partial charge in [-0.3, -0.25) is 4.79 Å². The summed E-state index contributed by atoms with van der Waals surface area (Å²) in [5.74, 6) is 1.34. The molecule has 0 aliphatic heterocycles. The molecule has 3 N–H and O–H groups in total. The van der Waals surface area contributed by atoms with Crippen molar-refractivity contribution in [3.05, 3.63) is 0 Å². The van der Waals surface area contributed by atoms with E-state index in [1.54, 1.807) is 13.8 Å². The number of rotatable bonds is 3. The lowest BCUT2D eigenvalue weighted by Crippen LogP contribution is -2.50. The van der Waals surface area contributed by atoms with Gasteiger partial charge in [-0.2, -0.15) is 0 Å². The van der Waals surface area contributed by atoms with E-state index in [0.717, 1.165) is 12.5 Å². The lowest BCUT2D eigenvalue weighted by Gasteiger charge is -2.30. The quantitative estimate of drug-likeness (QED) is 0.804. The van der Waals surface area contributed by atoms with Crippen molar-refractivity contribution in [2.75, 3.05) is 6.54 Å². The van der Waals surface area contributed by atoms with E-state index in [4.69, 9.17) is 5.73 Å². The van der Waals surface area contributed by atoms with Crippen molar-refractivity contribution in [3.63, 3.8) is 0 Å². The van der Waals surface area contributed by atoms with Crippen LogP contribution in [0.2, 0.25) is 0 Å². The van der Waals surface area contributed by atoms with Crippen LogP contribution in [0.15, 0.2) is 0 Å². The van der Waals surface area contributed by atoms with Gasteiger partial charge in [0.1, 0.15) is 0 Å². The van der Waals surface area contributed by atoms with E-state index in [2.05, 4.69) is 12.2 Å². The smallest absolute Gasteiger partial charge is 0.239 e. The minimum Gasteiger partial charge on any atom is -0.354 e. The third kappa shape index (κ3) is 4.71. The van der Waals surface area contributed by atoms with Crippen molar-refractivity contribution in [2.45, 2.75) is 52.0 Å². The van der Waals surface area contributed by atoms with E-state index in [9.17, 15) is 4.79 Å². The third-order valence-electron chi connectivity index (χ3n) is 3.40. The largest absolute Gasteiger partial charge is 0.354 e. The zero-order chi connectivity index (χ0) is 11.5. The Morgan fingerprint density at radius 2 is 1.94 bits per heavy atom. The van der Waals surface area contributed by atoms with Crippen LogP contribution in [0.25, 0.3) is 0 Å². The molecule has 3 nitrogen and oxygen atoms in total. The number of carbonyl (C=O) groups is 1. The zero-order valence-corrected chi connectivity index (χ0v) is 11.4. The fourth-order valence-corrected chi connectivity index (χ4v) is 2.15. The predicted octanol–water partition coefficient (Wildman–Crippen LogP) is 2.09. The normalized spacial score (nSPS) is 25.8. The summed E-state index contributed by atoms with van der Waals surface area (Å²) in [6.07, 6.45) is 5.18. The molecule has 2 atom stereocenters. The van der Waals surface area contributed by atoms with Gasteiger partial charge in [0, 0.05) is 6.54 Å². The Balaban J connectivity index is 0.00000225. The number of amides is 1. The van der Waals surface area contributed by atoms with Gasteiger partial charge >= 0.3 is 0 Å². The van der Waals surface area contributed by atoms with Crippen LogP contribution in [0.4, 0.5) is 0 Å². The molecule has 96 valence electrons. The highest BCUT2D eigenvalue weighted by molar-refractivity contribution is 5.85. The number of carbonyl (C=O) groups excluding carboxylic acids is 1. The summed E-state index contributed by atoms with van der Waals surface area (Å²) in [6, 6.07) is 0. The molecule has 4 heteroatoms. The van der Waals surface area contributed by atoms with Crippen molar-refractivity contribution in [1.82, 2.24) is 5.32 Å². The molecule has 0 aromatic rings. The Morgan fingerprint density at radius 3 is 2.44 bits per heavy atom. The van der Waals surface area contributed by atoms with Crippen molar-refractivity contribution in [2.24, 2.45) is 17.6 Å². The summed E-state index contributed by atoms with van der Waals surface area (Å²) < 4.78 is 0. The highest BCUT2D eigenvalue weighted by Crippen LogP contribution is 2.28. The first-order valence-corrected chi connectivity index (χ1v) is 5.98. The van der Waals surface area contributed by atoms with Gasteiger partial charge in [0.25, 0.3) is 0 Å². The molecule has 1 aliphatic rings. The Morgan fingerprint density at radius 1 is 1.38 bits per heavy atom. The maximum Gasteiger partial charge on any atom is 0.239 e. The fourth-order valence-electron chi connectivity index (χ4n) is 2.15. The molecule has 1 aliphatic carbocycles. The predicted molar refractivity (Wildman–Crippen MR) is 69.6 cm³/mol. The van der Waals surface area contributed by atoms with Crippen LogP contribution in [-0.4, -0.2) is 18.0 Å². The third-order valence-corrected chi connectivity index (χ3v) is 3.40. The van der Waals surface area contributed by atoms with Gasteiger partial charge in [-0.15, -0.1) is 12.4 Å². The highest BCUT2D eigenvalue weighted by atomic mass is 35.5. The zero-order valence-electron chi connectivity index (χ0n) is 10.6. The molecule has 0 radical (unpaired) electrons. The fraction of sp³-hybridized carbons (Fsp3) is 0.917. The molecule has 0 spiro atoms. The number of halogens is 1. The van der Waals surface area contributed by atoms with E-state index in [-0.39, 0.29) is 18.3 Å². The van der Waals surface area contributed by atoms with Gasteiger partial charge in [-0.05, 0) is 32.1 Å². The van der Waals surface area contributed by atoms with Gasteiger partial charge in [0.15, 0.2) is 0 Å². The molecule has 1 fully saturated rings. The minimum atomic E-state index is -0.752. The number of nitrogens with one attached hydrogen (secondary N) is 1. The molecular formula is C12H25ClN2O. The molecular weight excluding hydrogens is 224 g/mol. The van der Waals surface area contributed by atoms with Crippen molar-refractivity contribution in [3.8, 4) is 0 Å². The van der Waals surface area contributed by atoms with Crippen LogP contribution in [0.3, 0.4) is 0 Å². The topological polar surface area (TPSA) is 55.1 Å². The standard InChI is InChI=1S/C12H24N2O.ClH/c1-9-6-4-5-7-10(9)8-14-11(15)12(2,3)13;/h9-10H,4-8,13H2,1-3H3,(H,14,15);1H. The Hall–Kier alpha value is -0.280. The first-order valence-electron chi connectivity index (χ1n) is 5.98. The van der Waals surface area contributed by atoms with E-state index in [1.165, 1.54) is 25.7 Å². The van der Waals surface area contributed by atoms with Crippen LogP contribution < -0.4 is 11.1 Å². The lowest BCUT2D eigenvalue weighted by atomic mass is 9.80. The molecule has 0 bridgehead atoms. The molecule has 1 saturated carbocycles. The second kappa shape index (κ2) is 6.45. The van der Waals surface area contributed by atoms with Gasteiger partial charge in [0.05, 0.1) is 5.54 Å². The van der Waals surface area contributed by atoms with E-state index >= 15 is 0 Å². The van der Waals surface area contributed by atoms with Crippen molar-refractivity contribution in [1.29, 1.82) is 0 Å². The molecule has 1 amide bonds.